The van der Waals surface area contributed by atoms with Gasteiger partial charge in [-0.3, -0.25) is 14.4 Å². The molecule has 3 aromatic rings. The number of anilines is 1. The van der Waals surface area contributed by atoms with Gasteiger partial charge in [-0.1, -0.05) is 37.1 Å². The number of fused-ring (bicyclic) bond motifs is 4. The summed E-state index contributed by atoms with van der Waals surface area (Å²) in [7, 11) is 1.30. The maximum absolute atomic E-state index is 14.7. The maximum atomic E-state index is 14.7. The number of methoxy groups -OCH3 is 1. The van der Waals surface area contributed by atoms with Crippen molar-refractivity contribution in [2.75, 3.05) is 19.0 Å². The van der Waals surface area contributed by atoms with Crippen molar-refractivity contribution in [2.24, 2.45) is 5.92 Å². The zero-order valence-electron chi connectivity index (χ0n) is 23.5. The normalized spacial score (nSPS) is 20.7. The summed E-state index contributed by atoms with van der Waals surface area (Å²) in [5.74, 6) is -2.91. The number of aromatic nitrogens is 1. The summed E-state index contributed by atoms with van der Waals surface area (Å²) in [5.41, 5.74) is 1.73. The van der Waals surface area contributed by atoms with E-state index in [1.165, 1.54) is 18.2 Å². The lowest BCUT2D eigenvalue weighted by Gasteiger charge is -2.37. The van der Waals surface area contributed by atoms with Gasteiger partial charge in [0.05, 0.1) is 30.2 Å². The number of hydrogen-bond acceptors (Lipinski definition) is 6. The number of cyclic esters (lactones) is 1. The number of nitrogens with zero attached hydrogens (tertiary/aromatic N) is 1. The van der Waals surface area contributed by atoms with Gasteiger partial charge in [-0.2, -0.15) is 0 Å². The summed E-state index contributed by atoms with van der Waals surface area (Å²) in [6, 6.07) is 8.21. The molecule has 2 N–H and O–H groups in total. The van der Waals surface area contributed by atoms with Crippen molar-refractivity contribution in [1.29, 1.82) is 0 Å². The Balaban J connectivity index is 1.52. The molecule has 9 nitrogen and oxygen atoms in total. The minimum atomic E-state index is -1.19. The molecule has 2 aliphatic rings. The van der Waals surface area contributed by atoms with Crippen LogP contribution in [0.3, 0.4) is 0 Å². The fourth-order valence-electron chi connectivity index (χ4n) is 5.60. The Morgan fingerprint density at radius 3 is 2.65 bits per heavy atom. The molecule has 3 atom stereocenters. The average molecular weight is 614 g/mol. The van der Waals surface area contributed by atoms with Crippen LogP contribution in [0, 0.1) is 17.6 Å². The highest BCUT2D eigenvalue weighted by molar-refractivity contribution is 6.30. The molecule has 3 heterocycles. The Hall–Kier alpha value is -4.25. The van der Waals surface area contributed by atoms with Crippen LogP contribution < -0.4 is 10.9 Å². The zero-order valence-corrected chi connectivity index (χ0v) is 24.3. The molecule has 12 heteroatoms. The van der Waals surface area contributed by atoms with Gasteiger partial charge in [0.2, 0.25) is 5.91 Å². The number of rotatable bonds is 4. The lowest BCUT2D eigenvalue weighted by molar-refractivity contribution is -0.139. The quantitative estimate of drug-likeness (QED) is 0.272. The van der Waals surface area contributed by atoms with E-state index in [1.54, 1.807) is 31.2 Å². The molecule has 0 radical (unpaired) electrons. The number of esters is 1. The van der Waals surface area contributed by atoms with E-state index in [1.807, 2.05) is 0 Å². The minimum absolute atomic E-state index is 0.00913. The topological polar surface area (TPSA) is 118 Å². The average Bonchev–Trinajstić information content (AvgIpc) is 2.98. The van der Waals surface area contributed by atoms with E-state index < -0.39 is 52.9 Å². The van der Waals surface area contributed by atoms with E-state index in [0.717, 1.165) is 12.1 Å². The lowest BCUT2D eigenvalue weighted by Crippen LogP contribution is -2.43. The number of carbonyl (C=O) groups is 3. The van der Waals surface area contributed by atoms with Crippen LogP contribution in [-0.2, 0) is 25.5 Å². The van der Waals surface area contributed by atoms with E-state index in [-0.39, 0.29) is 30.3 Å². The first-order valence-electron chi connectivity index (χ1n) is 13.9. The van der Waals surface area contributed by atoms with Crippen molar-refractivity contribution in [2.45, 2.75) is 51.2 Å². The monoisotopic (exact) mass is 613 g/mol. The second kappa shape index (κ2) is 12.5. The summed E-state index contributed by atoms with van der Waals surface area (Å²) in [5, 5.41) is 2.68. The molecule has 1 unspecified atom stereocenters. The van der Waals surface area contributed by atoms with E-state index in [2.05, 4.69) is 10.3 Å². The molecule has 43 heavy (non-hydrogen) atoms. The van der Waals surface area contributed by atoms with Crippen molar-refractivity contribution >= 4 is 35.3 Å². The van der Waals surface area contributed by atoms with Gasteiger partial charge >= 0.3 is 12.1 Å². The highest BCUT2D eigenvalue weighted by atomic mass is 35.5. The van der Waals surface area contributed by atoms with Crippen LogP contribution in [0.4, 0.5) is 19.3 Å². The Morgan fingerprint density at radius 1 is 1.12 bits per heavy atom. The van der Waals surface area contributed by atoms with Gasteiger partial charge < -0.3 is 24.7 Å². The van der Waals surface area contributed by atoms with Crippen LogP contribution in [0.1, 0.15) is 61.4 Å². The predicted molar refractivity (Wildman–Crippen MR) is 155 cm³/mol. The molecule has 1 fully saturated rings. The predicted octanol–water partition coefficient (Wildman–Crippen LogP) is 6.07. The molecule has 2 aliphatic heterocycles. The van der Waals surface area contributed by atoms with Gasteiger partial charge in [0.25, 0.3) is 5.56 Å². The van der Waals surface area contributed by atoms with Gasteiger partial charge in [-0.05, 0) is 42.7 Å². The fourth-order valence-corrected chi connectivity index (χ4v) is 5.77. The van der Waals surface area contributed by atoms with Gasteiger partial charge in [0.1, 0.15) is 11.9 Å². The summed E-state index contributed by atoms with van der Waals surface area (Å²) >= 11 is 5.85. The van der Waals surface area contributed by atoms with Crippen molar-refractivity contribution in [3.05, 3.63) is 86.3 Å². The molecule has 2 amide bonds. The van der Waals surface area contributed by atoms with Crippen molar-refractivity contribution in [1.82, 2.24) is 9.88 Å². The molecule has 1 saturated heterocycles. The summed E-state index contributed by atoms with van der Waals surface area (Å²) < 4.78 is 39.5. The number of ether oxygens (including phenoxy) is 2. The van der Waals surface area contributed by atoms with Crippen LogP contribution in [-0.4, -0.2) is 41.5 Å². The highest BCUT2D eigenvalue weighted by Gasteiger charge is 2.37. The third-order valence-electron chi connectivity index (χ3n) is 7.97. The molecule has 5 rings (SSSR count). The fraction of sp³-hybridized carbons (Fsp3) is 0.355. The second-order valence-electron chi connectivity index (χ2n) is 10.8. The van der Waals surface area contributed by atoms with Crippen LogP contribution in [0.2, 0.25) is 5.02 Å². The van der Waals surface area contributed by atoms with Crippen LogP contribution in [0.5, 0.6) is 0 Å². The minimum Gasteiger partial charge on any atom is -0.469 e. The standard InChI is InChI=1S/C31H30ClF2N3O6/c1-16-4-3-5-24(37-11-10-25(43-31(37)41)27-22(33)9-8-21(32)28(27)34)20-14-18(15-35-30(20)40)19-7-6-17(13-26(38)42-2)12-23(19)36-29(16)39/h6-9,12,14-16,24-25H,3-5,10-11,13H2,1-2H3,(H,35,40)(H,36,39)/t16-,24?,25-/m1/s1. The summed E-state index contributed by atoms with van der Waals surface area (Å²) in [6.45, 7) is 1.85. The highest BCUT2D eigenvalue weighted by Crippen LogP contribution is 2.38. The van der Waals surface area contributed by atoms with Gasteiger partial charge in [0.15, 0.2) is 5.82 Å². The first-order valence-corrected chi connectivity index (χ1v) is 14.3. The molecule has 226 valence electrons. The number of benzene rings is 2. The lowest BCUT2D eigenvalue weighted by atomic mass is 9.92. The number of carbonyl (C=O) groups excluding carboxylic acids is 3. The Bertz CT molecular complexity index is 1640. The van der Waals surface area contributed by atoms with Crippen molar-refractivity contribution in [3.63, 3.8) is 0 Å². The van der Waals surface area contributed by atoms with E-state index in [0.29, 0.717) is 47.2 Å². The van der Waals surface area contributed by atoms with Crippen LogP contribution in [0.15, 0.2) is 47.4 Å². The number of aromatic amines is 1. The molecule has 0 saturated carbocycles. The Labute approximate surface area is 251 Å². The number of nitrogens with one attached hydrogen (secondary N) is 2. The summed E-state index contributed by atoms with van der Waals surface area (Å²) in [6.07, 6.45) is 0.870. The SMILES string of the molecule is COC(=O)Cc1ccc2c(c1)NC(=O)[C@H](C)CCCC(N1CC[C@H](c3c(F)ccc(Cl)c3F)OC1=O)c1cc-2c[nH]c1=O. The third kappa shape index (κ3) is 6.27. The number of hydrogen-bond donors (Lipinski definition) is 2. The smallest absolute Gasteiger partial charge is 0.410 e. The van der Waals surface area contributed by atoms with Gasteiger partial charge in [-0.25, -0.2) is 13.6 Å². The molecule has 0 spiro atoms. The Kier molecular flexibility index (Phi) is 8.82. The van der Waals surface area contributed by atoms with Crippen LogP contribution in [0.25, 0.3) is 11.1 Å². The number of halogens is 3. The zero-order chi connectivity index (χ0) is 30.8. The first-order chi connectivity index (χ1) is 20.6. The van der Waals surface area contributed by atoms with E-state index in [4.69, 9.17) is 21.1 Å². The molecule has 2 bridgehead atoms. The van der Waals surface area contributed by atoms with E-state index in [9.17, 15) is 28.0 Å². The first kappa shape index (κ1) is 30.2. The molecular formula is C31H30ClF2N3O6. The number of amides is 2. The molecule has 1 aromatic heterocycles. The Morgan fingerprint density at radius 2 is 1.91 bits per heavy atom. The maximum Gasteiger partial charge on any atom is 0.410 e. The van der Waals surface area contributed by atoms with Gasteiger partial charge in [-0.15, -0.1) is 0 Å². The van der Waals surface area contributed by atoms with Crippen molar-refractivity contribution in [3.8, 4) is 11.1 Å². The number of pyridine rings is 1. The van der Waals surface area contributed by atoms with Crippen LogP contribution >= 0.6 is 11.6 Å². The second-order valence-corrected chi connectivity index (χ2v) is 11.2. The van der Waals surface area contributed by atoms with Gasteiger partial charge in [0, 0.05) is 47.5 Å². The molecular weight excluding hydrogens is 584 g/mol. The molecule has 0 aliphatic carbocycles. The summed E-state index contributed by atoms with van der Waals surface area (Å²) in [4.78, 5) is 55.7. The number of H-pyrrole nitrogens is 1. The molecule has 2 aromatic carbocycles. The van der Waals surface area contributed by atoms with E-state index >= 15 is 0 Å². The third-order valence-corrected chi connectivity index (χ3v) is 8.26. The largest absolute Gasteiger partial charge is 0.469 e. The van der Waals surface area contributed by atoms with Crippen molar-refractivity contribution < 1.29 is 32.6 Å².